The quantitative estimate of drug-likeness (QED) is 0.0264. The van der Waals surface area contributed by atoms with Crippen LogP contribution in [0.3, 0.4) is 0 Å². The average molecular weight is 864 g/mol. The second-order valence-corrected chi connectivity index (χ2v) is 15.8. The van der Waals surface area contributed by atoms with Crippen molar-refractivity contribution < 1.29 is 33.8 Å². The average Bonchev–Trinajstić information content (AvgIpc) is 3.65. The van der Waals surface area contributed by atoms with E-state index < -0.39 is 29.4 Å². The molecule has 0 radical (unpaired) electrons. The number of hydrogen-bond donors (Lipinski definition) is 5. The molecule has 332 valence electrons. The molecule has 0 aliphatic carbocycles. The standard InChI is InChI=1S/C52H57N5O7/c1-64-44-30-26-42(27-31-44)52(40-18-8-3-9-19-40,41-20-10-4-11-21-41)53-34-14-13-22-45(50(62)54-43-28-24-39(37-58)25-29-43)56-51(63)46(36-38-16-6-2-7-17-38)55-47(59)23-12-5-15-35-57-48(60)32-33-49(57)61/h2-4,6-11,16-21,24-33,45-46,53,58H,5,12-15,22-23,34-37H2,1H3,(H,54,62)(H,55,59)(H,56,63)/t45?,46-/m0/s1. The number of carbonyl (C=O) groups excluding carboxylic acids is 5. The number of hydrogen-bond acceptors (Lipinski definition) is 8. The lowest BCUT2D eigenvalue weighted by atomic mass is 9.77. The van der Waals surface area contributed by atoms with E-state index in [9.17, 15) is 29.1 Å². The van der Waals surface area contributed by atoms with Crippen molar-refractivity contribution in [2.45, 2.75) is 75.6 Å². The lowest BCUT2D eigenvalue weighted by molar-refractivity contribution is -0.137. The number of amides is 5. The van der Waals surface area contributed by atoms with Crippen molar-refractivity contribution in [1.82, 2.24) is 20.9 Å². The van der Waals surface area contributed by atoms with Crippen LogP contribution in [-0.2, 0) is 42.5 Å². The maximum atomic E-state index is 14.2. The van der Waals surface area contributed by atoms with Gasteiger partial charge >= 0.3 is 0 Å². The van der Waals surface area contributed by atoms with Gasteiger partial charge in [0.25, 0.3) is 11.8 Å². The Morgan fingerprint density at radius 1 is 0.625 bits per heavy atom. The fourth-order valence-electron chi connectivity index (χ4n) is 7.95. The molecule has 0 bridgehead atoms. The van der Waals surface area contributed by atoms with Gasteiger partial charge in [0.2, 0.25) is 17.7 Å². The Morgan fingerprint density at radius 3 is 1.81 bits per heavy atom. The molecular weight excluding hydrogens is 807 g/mol. The lowest BCUT2D eigenvalue weighted by Gasteiger charge is -2.37. The first kappa shape index (κ1) is 46.6. The Bertz CT molecular complexity index is 2260. The molecule has 5 aromatic rings. The van der Waals surface area contributed by atoms with Crippen LogP contribution in [0, 0.1) is 0 Å². The van der Waals surface area contributed by atoms with E-state index in [1.165, 1.54) is 17.1 Å². The first-order chi connectivity index (χ1) is 31.2. The molecule has 1 aliphatic heterocycles. The molecule has 1 aliphatic rings. The van der Waals surface area contributed by atoms with E-state index in [1.54, 1.807) is 31.4 Å². The summed E-state index contributed by atoms with van der Waals surface area (Å²) in [4.78, 5) is 66.5. The first-order valence-electron chi connectivity index (χ1n) is 21.9. The summed E-state index contributed by atoms with van der Waals surface area (Å²) in [6.07, 6.45) is 6.04. The molecule has 0 saturated heterocycles. The van der Waals surface area contributed by atoms with Gasteiger partial charge in [-0.15, -0.1) is 0 Å². The zero-order chi connectivity index (χ0) is 45.2. The number of nitrogens with one attached hydrogen (secondary N) is 4. The number of ether oxygens (including phenoxy) is 1. The highest BCUT2D eigenvalue weighted by atomic mass is 16.5. The number of unbranched alkanes of at least 4 members (excludes halogenated alkanes) is 3. The van der Waals surface area contributed by atoms with E-state index in [0.717, 1.165) is 28.0 Å². The summed E-state index contributed by atoms with van der Waals surface area (Å²) in [7, 11) is 1.65. The second-order valence-electron chi connectivity index (χ2n) is 15.8. The number of rotatable bonds is 24. The van der Waals surface area contributed by atoms with Gasteiger partial charge < -0.3 is 25.8 Å². The minimum absolute atomic E-state index is 0.137. The molecule has 6 rings (SSSR count). The monoisotopic (exact) mass is 863 g/mol. The number of imide groups is 1. The zero-order valence-electron chi connectivity index (χ0n) is 36.2. The molecule has 1 heterocycles. The topological polar surface area (TPSA) is 166 Å². The number of methoxy groups -OCH3 is 1. The van der Waals surface area contributed by atoms with Crippen LogP contribution in [0.2, 0.25) is 0 Å². The molecule has 0 aromatic heterocycles. The minimum atomic E-state index is -0.969. The maximum absolute atomic E-state index is 14.2. The lowest BCUT2D eigenvalue weighted by Crippen LogP contribution is -2.53. The Balaban J connectivity index is 1.15. The zero-order valence-corrected chi connectivity index (χ0v) is 36.2. The maximum Gasteiger partial charge on any atom is 0.253 e. The van der Waals surface area contributed by atoms with Crippen LogP contribution in [-0.4, -0.2) is 71.8 Å². The summed E-state index contributed by atoms with van der Waals surface area (Å²) >= 11 is 0. The fourth-order valence-corrected chi connectivity index (χ4v) is 7.95. The highest BCUT2D eigenvalue weighted by Gasteiger charge is 2.36. The predicted molar refractivity (Wildman–Crippen MR) is 247 cm³/mol. The van der Waals surface area contributed by atoms with Crippen molar-refractivity contribution in [1.29, 1.82) is 0 Å². The van der Waals surface area contributed by atoms with Gasteiger partial charge in [0.05, 0.1) is 19.3 Å². The Labute approximate surface area is 375 Å². The number of carbonyl (C=O) groups is 5. The van der Waals surface area contributed by atoms with Crippen LogP contribution >= 0.6 is 0 Å². The molecule has 5 N–H and O–H groups in total. The summed E-state index contributed by atoms with van der Waals surface area (Å²) < 4.78 is 5.50. The minimum Gasteiger partial charge on any atom is -0.497 e. The van der Waals surface area contributed by atoms with Crippen LogP contribution in [0.1, 0.15) is 72.8 Å². The van der Waals surface area contributed by atoms with E-state index in [0.29, 0.717) is 56.3 Å². The molecule has 12 nitrogen and oxygen atoms in total. The number of benzene rings is 5. The highest BCUT2D eigenvalue weighted by Crippen LogP contribution is 2.37. The van der Waals surface area contributed by atoms with E-state index in [1.807, 2.05) is 78.9 Å². The van der Waals surface area contributed by atoms with Crippen molar-refractivity contribution in [2.24, 2.45) is 0 Å². The Hall–Kier alpha value is -6.89. The first-order valence-corrected chi connectivity index (χ1v) is 21.9. The van der Waals surface area contributed by atoms with Crippen molar-refractivity contribution >= 4 is 35.2 Å². The highest BCUT2D eigenvalue weighted by molar-refractivity contribution is 6.12. The second kappa shape index (κ2) is 23.5. The Kier molecular flexibility index (Phi) is 17.1. The van der Waals surface area contributed by atoms with Gasteiger partial charge in [-0.25, -0.2) is 0 Å². The van der Waals surface area contributed by atoms with Crippen molar-refractivity contribution in [3.63, 3.8) is 0 Å². The number of aliphatic hydroxyl groups is 1. The van der Waals surface area contributed by atoms with Gasteiger partial charge in [-0.1, -0.05) is 122 Å². The van der Waals surface area contributed by atoms with Gasteiger partial charge in [0.15, 0.2) is 0 Å². The van der Waals surface area contributed by atoms with Crippen LogP contribution in [0.25, 0.3) is 0 Å². The predicted octanol–water partition coefficient (Wildman–Crippen LogP) is 6.58. The van der Waals surface area contributed by atoms with Crippen LogP contribution < -0.4 is 26.0 Å². The molecule has 64 heavy (non-hydrogen) atoms. The van der Waals surface area contributed by atoms with Gasteiger partial charge in [-0.05, 0) is 90.7 Å². The number of anilines is 1. The molecule has 0 fully saturated rings. The molecular formula is C52H57N5O7. The summed E-state index contributed by atoms with van der Waals surface area (Å²) in [6.45, 7) is 0.705. The summed E-state index contributed by atoms with van der Waals surface area (Å²) in [5, 5.41) is 22.3. The van der Waals surface area contributed by atoms with Crippen LogP contribution in [0.4, 0.5) is 5.69 Å². The molecule has 0 spiro atoms. The van der Waals surface area contributed by atoms with Crippen molar-refractivity contribution in [3.05, 3.63) is 179 Å². The molecule has 1 unspecified atom stereocenters. The summed E-state index contributed by atoms with van der Waals surface area (Å²) in [6, 6.07) is 42.9. The van der Waals surface area contributed by atoms with E-state index in [-0.39, 0.29) is 43.7 Å². The van der Waals surface area contributed by atoms with E-state index >= 15 is 0 Å². The van der Waals surface area contributed by atoms with E-state index in [4.69, 9.17) is 4.74 Å². The largest absolute Gasteiger partial charge is 0.497 e. The van der Waals surface area contributed by atoms with Gasteiger partial charge in [0, 0.05) is 37.2 Å². The third-order valence-corrected chi connectivity index (χ3v) is 11.4. The smallest absolute Gasteiger partial charge is 0.253 e. The summed E-state index contributed by atoms with van der Waals surface area (Å²) in [5.41, 5.74) is 4.48. The van der Waals surface area contributed by atoms with Gasteiger partial charge in [-0.3, -0.25) is 34.2 Å². The molecule has 2 atom stereocenters. The van der Waals surface area contributed by atoms with Crippen LogP contribution in [0.15, 0.2) is 152 Å². The summed E-state index contributed by atoms with van der Waals surface area (Å²) in [5.74, 6) is -1.14. The number of aliphatic hydroxyl groups excluding tert-OH is 1. The number of nitrogens with zero attached hydrogens (tertiary/aromatic N) is 1. The van der Waals surface area contributed by atoms with Gasteiger partial charge in [0.1, 0.15) is 17.8 Å². The molecule has 0 saturated carbocycles. The van der Waals surface area contributed by atoms with Crippen molar-refractivity contribution in [2.75, 3.05) is 25.5 Å². The SMILES string of the molecule is COc1ccc(C(NCCCCC(NC(=O)[C@H](Cc2ccccc2)NC(=O)CCCCCN2C(=O)C=CC2=O)C(=O)Nc2ccc(CO)cc2)(c2ccccc2)c2ccccc2)cc1. The van der Waals surface area contributed by atoms with Crippen molar-refractivity contribution in [3.8, 4) is 5.75 Å². The normalized spacial score (nSPS) is 13.3. The third kappa shape index (κ3) is 12.6. The van der Waals surface area contributed by atoms with Crippen LogP contribution in [0.5, 0.6) is 5.75 Å². The van der Waals surface area contributed by atoms with E-state index in [2.05, 4.69) is 57.7 Å². The molecule has 5 aromatic carbocycles. The van der Waals surface area contributed by atoms with Gasteiger partial charge in [-0.2, -0.15) is 0 Å². The molecule has 12 heteroatoms. The fraction of sp³-hybridized carbons (Fsp3) is 0.288. The molecule has 5 amide bonds. The Morgan fingerprint density at radius 2 is 1.22 bits per heavy atom. The third-order valence-electron chi connectivity index (χ3n) is 11.4.